The largest absolute Gasteiger partial charge is 0.481 e. The Kier molecular flexibility index (Phi) is 9.21. The van der Waals surface area contributed by atoms with E-state index in [2.05, 4.69) is 0 Å². The van der Waals surface area contributed by atoms with Gasteiger partial charge in [-0.15, -0.1) is 0 Å². The fraction of sp³-hybridized carbons (Fsp3) is 0.529. The maximum Gasteiger partial charge on any atom is 0.303 e. The Morgan fingerprint density at radius 1 is 1.07 bits per heavy atom. The maximum atomic E-state index is 11.3. The summed E-state index contributed by atoms with van der Waals surface area (Å²) in [6.07, 6.45) is 4.33. The van der Waals surface area contributed by atoms with Gasteiger partial charge in [-0.1, -0.05) is 0 Å². The smallest absolute Gasteiger partial charge is 0.303 e. The van der Waals surface area contributed by atoms with E-state index in [4.69, 9.17) is 14.2 Å². The number of carboxylic acid groups (broad SMARTS) is 1. The van der Waals surface area contributed by atoms with Crippen LogP contribution in [0.15, 0.2) is 23.1 Å². The average Bonchev–Trinajstić information content (AvgIpc) is 2.54. The SMILES string of the molecule is Cc1cc(S(=O)(=O)O)ccc1/[N+](=C\CCCS(=O)(=O)O)CCCCCC(=O)O. The van der Waals surface area contributed by atoms with Crippen molar-refractivity contribution in [3.63, 3.8) is 0 Å². The van der Waals surface area contributed by atoms with E-state index in [1.54, 1.807) is 19.2 Å². The molecule has 0 aromatic heterocycles. The number of rotatable bonds is 12. The molecule has 0 heterocycles. The molecule has 1 rings (SSSR count). The van der Waals surface area contributed by atoms with Gasteiger partial charge in [-0.2, -0.15) is 16.8 Å². The van der Waals surface area contributed by atoms with Gasteiger partial charge in [0, 0.05) is 30.9 Å². The number of hydrogen-bond acceptors (Lipinski definition) is 5. The normalized spacial score (nSPS) is 12.9. The van der Waals surface area contributed by atoms with E-state index in [9.17, 15) is 21.6 Å². The zero-order chi connectivity index (χ0) is 21.4. The van der Waals surface area contributed by atoms with Crippen LogP contribution in [0.3, 0.4) is 0 Å². The summed E-state index contributed by atoms with van der Waals surface area (Å²) in [5, 5.41) is 8.68. The Bertz CT molecular complexity index is 920. The third kappa shape index (κ3) is 9.40. The fourth-order valence-electron chi connectivity index (χ4n) is 2.67. The summed E-state index contributed by atoms with van der Waals surface area (Å²) in [5.74, 6) is -1.22. The van der Waals surface area contributed by atoms with Crippen LogP contribution in [0.1, 0.15) is 44.1 Å². The molecule has 0 radical (unpaired) electrons. The van der Waals surface area contributed by atoms with Crippen molar-refractivity contribution in [1.82, 2.24) is 0 Å². The molecule has 0 fully saturated rings. The Morgan fingerprint density at radius 3 is 2.29 bits per heavy atom. The molecule has 0 spiro atoms. The molecule has 1 aromatic carbocycles. The molecule has 1 aromatic rings. The second-order valence-corrected chi connectivity index (χ2v) is 9.43. The number of aryl methyl sites for hydroxylation is 1. The molecular weight excluding hydrogens is 410 g/mol. The summed E-state index contributed by atoms with van der Waals surface area (Å²) in [7, 11) is -8.35. The first-order chi connectivity index (χ1) is 12.9. The second-order valence-electron chi connectivity index (χ2n) is 6.43. The Labute approximate surface area is 165 Å². The van der Waals surface area contributed by atoms with Crippen LogP contribution in [0.5, 0.6) is 0 Å². The molecule has 9 nitrogen and oxygen atoms in total. The molecule has 28 heavy (non-hydrogen) atoms. The van der Waals surface area contributed by atoms with E-state index in [0.717, 1.165) is 0 Å². The number of carbonyl (C=O) groups is 1. The van der Waals surface area contributed by atoms with Crippen molar-refractivity contribution in [1.29, 1.82) is 0 Å². The van der Waals surface area contributed by atoms with E-state index < -0.39 is 26.2 Å². The zero-order valence-electron chi connectivity index (χ0n) is 15.6. The molecule has 0 saturated heterocycles. The maximum absolute atomic E-state index is 11.3. The van der Waals surface area contributed by atoms with Crippen LogP contribution in [0.2, 0.25) is 0 Å². The van der Waals surface area contributed by atoms with Crippen LogP contribution in [-0.2, 0) is 25.0 Å². The van der Waals surface area contributed by atoms with Crippen molar-refractivity contribution < 1.29 is 40.4 Å². The van der Waals surface area contributed by atoms with Crippen molar-refractivity contribution in [2.24, 2.45) is 0 Å². The number of carboxylic acids is 1. The van der Waals surface area contributed by atoms with Gasteiger partial charge in [0.2, 0.25) is 5.69 Å². The van der Waals surface area contributed by atoms with E-state index in [0.29, 0.717) is 43.5 Å². The molecule has 0 saturated carbocycles. The standard InChI is InChI=1S/C17H25NO8S2/c1-14-13-15(28(24,25)26)8-9-16(14)18(10-4-2-3-7-17(19)20)11-5-6-12-27(21,22)23/h8-9,11,13H,2-7,10,12H2,1H3,(H2-,19,20,21,22,23,24,25,26)/p+1/b18-11-. The van der Waals surface area contributed by atoms with Gasteiger partial charge in [-0.25, -0.2) is 4.58 Å². The summed E-state index contributed by atoms with van der Waals surface area (Å²) < 4.78 is 64.0. The summed E-state index contributed by atoms with van der Waals surface area (Å²) in [6, 6.07) is 4.17. The van der Waals surface area contributed by atoms with Gasteiger partial charge in [-0.05, 0) is 38.3 Å². The summed E-state index contributed by atoms with van der Waals surface area (Å²) in [5.41, 5.74) is 1.30. The van der Waals surface area contributed by atoms with Crippen LogP contribution in [0, 0.1) is 6.92 Å². The summed E-state index contributed by atoms with van der Waals surface area (Å²) in [4.78, 5) is 10.4. The first-order valence-corrected chi connectivity index (χ1v) is 11.8. The lowest BCUT2D eigenvalue weighted by Crippen LogP contribution is -2.12. The topological polar surface area (TPSA) is 149 Å². The molecule has 0 aliphatic heterocycles. The van der Waals surface area contributed by atoms with Gasteiger partial charge in [0.25, 0.3) is 20.2 Å². The van der Waals surface area contributed by atoms with Crippen LogP contribution in [-0.4, -0.2) is 60.1 Å². The molecule has 0 amide bonds. The van der Waals surface area contributed by atoms with Gasteiger partial charge >= 0.3 is 5.97 Å². The van der Waals surface area contributed by atoms with Crippen molar-refractivity contribution in [3.8, 4) is 0 Å². The highest BCUT2D eigenvalue weighted by molar-refractivity contribution is 7.86. The Hall–Kier alpha value is -1.82. The molecule has 0 aliphatic rings. The minimum atomic E-state index is -4.32. The van der Waals surface area contributed by atoms with Gasteiger partial charge in [0.15, 0.2) is 0 Å². The molecule has 0 unspecified atom stereocenters. The molecule has 0 atom stereocenters. The molecule has 158 valence electrons. The lowest BCUT2D eigenvalue weighted by Gasteiger charge is -2.08. The van der Waals surface area contributed by atoms with Crippen molar-refractivity contribution in [2.45, 2.75) is 50.3 Å². The monoisotopic (exact) mass is 436 g/mol. The molecule has 11 heteroatoms. The highest BCUT2D eigenvalue weighted by Crippen LogP contribution is 2.22. The van der Waals surface area contributed by atoms with Crippen molar-refractivity contribution >= 4 is 38.1 Å². The predicted octanol–water partition coefficient (Wildman–Crippen LogP) is 2.27. The minimum absolute atomic E-state index is 0.0835. The van der Waals surface area contributed by atoms with E-state index in [1.165, 1.54) is 12.1 Å². The van der Waals surface area contributed by atoms with Crippen LogP contribution < -0.4 is 0 Å². The first-order valence-electron chi connectivity index (χ1n) is 8.75. The van der Waals surface area contributed by atoms with E-state index >= 15 is 0 Å². The molecule has 0 bridgehead atoms. The molecule has 3 N–H and O–H groups in total. The van der Waals surface area contributed by atoms with Gasteiger partial charge in [-0.3, -0.25) is 13.9 Å². The van der Waals surface area contributed by atoms with Crippen LogP contribution in [0.25, 0.3) is 0 Å². The highest BCUT2D eigenvalue weighted by atomic mass is 32.2. The molecular formula is C17H26NO8S2+. The summed E-state index contributed by atoms with van der Waals surface area (Å²) >= 11 is 0. The number of aliphatic carboxylic acids is 1. The second kappa shape index (κ2) is 10.6. The van der Waals surface area contributed by atoms with Gasteiger partial charge < -0.3 is 5.11 Å². The predicted molar refractivity (Wildman–Crippen MR) is 104 cm³/mol. The number of hydrogen-bond donors (Lipinski definition) is 3. The average molecular weight is 437 g/mol. The van der Waals surface area contributed by atoms with Crippen LogP contribution in [0.4, 0.5) is 5.69 Å². The lowest BCUT2D eigenvalue weighted by molar-refractivity contribution is -0.438. The van der Waals surface area contributed by atoms with E-state index in [-0.39, 0.29) is 23.5 Å². The number of benzene rings is 1. The van der Waals surface area contributed by atoms with Gasteiger partial charge in [0.05, 0.1) is 10.6 Å². The number of nitrogens with zero attached hydrogens (tertiary/aromatic N) is 1. The Balaban J connectivity index is 2.94. The van der Waals surface area contributed by atoms with Gasteiger partial charge in [0.1, 0.15) is 12.8 Å². The third-order valence-corrected chi connectivity index (χ3v) is 5.68. The first kappa shape index (κ1) is 24.2. The zero-order valence-corrected chi connectivity index (χ0v) is 17.2. The Morgan fingerprint density at radius 2 is 1.75 bits per heavy atom. The van der Waals surface area contributed by atoms with E-state index in [1.807, 2.05) is 4.58 Å². The third-order valence-electron chi connectivity index (χ3n) is 4.02. The van der Waals surface area contributed by atoms with Crippen molar-refractivity contribution in [3.05, 3.63) is 23.8 Å². The summed E-state index contributed by atoms with van der Waals surface area (Å²) in [6.45, 7) is 2.21. The van der Waals surface area contributed by atoms with Crippen LogP contribution >= 0.6 is 0 Å². The highest BCUT2D eigenvalue weighted by Gasteiger charge is 2.17. The van der Waals surface area contributed by atoms with Crippen molar-refractivity contribution in [2.75, 3.05) is 12.3 Å². The minimum Gasteiger partial charge on any atom is -0.481 e. The fourth-order valence-corrected chi connectivity index (χ4v) is 3.77. The number of unbranched alkanes of at least 4 members (excludes halogenated alkanes) is 3. The molecule has 0 aliphatic carbocycles. The lowest BCUT2D eigenvalue weighted by atomic mass is 10.1. The quantitative estimate of drug-likeness (QED) is 0.195.